The summed E-state index contributed by atoms with van der Waals surface area (Å²) < 4.78 is 6.84. The number of carbonyl (C=O) groups is 2. The zero-order valence-corrected chi connectivity index (χ0v) is 20.0. The summed E-state index contributed by atoms with van der Waals surface area (Å²) in [6.07, 6.45) is 3.60. The number of rotatable bonds is 5. The average Bonchev–Trinajstić information content (AvgIpc) is 3.39. The van der Waals surface area contributed by atoms with Gasteiger partial charge in [-0.2, -0.15) is 9.61 Å². The Balaban J connectivity index is 1.75. The van der Waals surface area contributed by atoms with Crippen LogP contribution in [0.2, 0.25) is 0 Å². The monoisotopic (exact) mass is 483 g/mol. The molecule has 0 aromatic carbocycles. The molecule has 1 fully saturated rings. The predicted molar refractivity (Wildman–Crippen MR) is 129 cm³/mol. The van der Waals surface area contributed by atoms with E-state index in [1.165, 1.54) is 34.9 Å². The van der Waals surface area contributed by atoms with Crippen LogP contribution < -0.4 is 21.1 Å². The predicted octanol–water partition coefficient (Wildman–Crippen LogP) is 2.18. The number of hydrogen-bond acceptors (Lipinski definition) is 8. The second kappa shape index (κ2) is 9.37. The maximum atomic E-state index is 13.0. The van der Waals surface area contributed by atoms with Crippen molar-refractivity contribution in [2.45, 2.75) is 57.8 Å². The van der Waals surface area contributed by atoms with Gasteiger partial charge in [-0.25, -0.2) is 9.78 Å². The zero-order valence-electron chi connectivity index (χ0n) is 20.0. The van der Waals surface area contributed by atoms with Crippen molar-refractivity contribution in [1.29, 1.82) is 0 Å². The standard InChI is InChI=1S/C23H29N7O5/c1-23(2,3)35-22(34)29(4)18-11-17(27-16-6-5-9-24-21(16)33)28-19-15(12-25-30(18)19)20(32)26-13-7-8-14(31)10-13/h5-6,9,11-14,31H,7-8,10H2,1-4H3,(H,24,33)(H,26,32)(H,27,28)/t13?,14-/m1/s1. The minimum absolute atomic E-state index is 0.152. The fourth-order valence-electron chi connectivity index (χ4n) is 3.84. The molecule has 1 aliphatic rings. The maximum Gasteiger partial charge on any atom is 0.415 e. The van der Waals surface area contributed by atoms with Gasteiger partial charge in [0.2, 0.25) is 0 Å². The van der Waals surface area contributed by atoms with Gasteiger partial charge in [-0.1, -0.05) is 0 Å². The Morgan fingerprint density at radius 2 is 2.09 bits per heavy atom. The highest BCUT2D eigenvalue weighted by atomic mass is 16.6. The molecule has 0 bridgehead atoms. The van der Waals surface area contributed by atoms with E-state index in [2.05, 4.69) is 25.7 Å². The van der Waals surface area contributed by atoms with Crippen LogP contribution in [0, 0.1) is 0 Å². The van der Waals surface area contributed by atoms with Crippen LogP contribution in [0.1, 0.15) is 50.4 Å². The van der Waals surface area contributed by atoms with Gasteiger partial charge in [0, 0.05) is 25.4 Å². The van der Waals surface area contributed by atoms with E-state index in [1.807, 2.05) is 0 Å². The smallest absolute Gasteiger partial charge is 0.415 e. The molecule has 3 aromatic rings. The maximum absolute atomic E-state index is 13.0. The van der Waals surface area contributed by atoms with Gasteiger partial charge in [-0.05, 0) is 52.2 Å². The van der Waals surface area contributed by atoms with Crippen molar-refractivity contribution < 1.29 is 19.4 Å². The van der Waals surface area contributed by atoms with E-state index in [4.69, 9.17) is 4.74 Å². The molecule has 1 unspecified atom stereocenters. The van der Waals surface area contributed by atoms with Crippen LogP contribution >= 0.6 is 0 Å². The van der Waals surface area contributed by atoms with E-state index in [9.17, 15) is 19.5 Å². The molecule has 1 aliphatic carbocycles. The average molecular weight is 484 g/mol. The van der Waals surface area contributed by atoms with Crippen molar-refractivity contribution in [2.75, 3.05) is 17.3 Å². The Bertz CT molecular complexity index is 1310. The number of ether oxygens (including phenoxy) is 1. The third-order valence-corrected chi connectivity index (χ3v) is 5.53. The first-order valence-electron chi connectivity index (χ1n) is 11.3. The molecule has 0 radical (unpaired) electrons. The van der Waals surface area contributed by atoms with E-state index in [0.29, 0.717) is 19.3 Å². The van der Waals surface area contributed by atoms with Gasteiger partial charge in [0.1, 0.15) is 28.5 Å². The zero-order chi connectivity index (χ0) is 25.3. The second-order valence-corrected chi connectivity index (χ2v) is 9.51. The molecule has 12 heteroatoms. The minimum Gasteiger partial charge on any atom is -0.443 e. The molecular formula is C23H29N7O5. The number of H-pyrrole nitrogens is 1. The highest BCUT2D eigenvalue weighted by Gasteiger charge is 2.28. The first kappa shape index (κ1) is 24.2. The molecule has 12 nitrogen and oxygen atoms in total. The van der Waals surface area contributed by atoms with Crippen LogP contribution in [0.3, 0.4) is 0 Å². The summed E-state index contributed by atoms with van der Waals surface area (Å²) >= 11 is 0. The normalized spacial score (nSPS) is 17.9. The van der Waals surface area contributed by atoms with Crippen LogP contribution in [0.4, 0.5) is 22.1 Å². The van der Waals surface area contributed by atoms with Gasteiger partial charge in [0.05, 0.1) is 12.3 Å². The molecular weight excluding hydrogens is 454 g/mol. The Kier molecular flexibility index (Phi) is 6.48. The van der Waals surface area contributed by atoms with Gasteiger partial charge >= 0.3 is 6.09 Å². The number of nitrogens with one attached hydrogen (secondary N) is 3. The Morgan fingerprint density at radius 1 is 1.31 bits per heavy atom. The lowest BCUT2D eigenvalue weighted by Crippen LogP contribution is -2.35. The number of aliphatic hydroxyl groups excluding tert-OH is 1. The minimum atomic E-state index is -0.725. The lowest BCUT2D eigenvalue weighted by atomic mass is 10.2. The molecule has 0 aliphatic heterocycles. The summed E-state index contributed by atoms with van der Waals surface area (Å²) in [5, 5.41) is 19.9. The molecule has 1 saturated carbocycles. The van der Waals surface area contributed by atoms with Crippen molar-refractivity contribution in [3.05, 3.63) is 46.5 Å². The van der Waals surface area contributed by atoms with Crippen molar-refractivity contribution >= 4 is 35.0 Å². The van der Waals surface area contributed by atoms with E-state index in [-0.39, 0.29) is 40.1 Å². The van der Waals surface area contributed by atoms with Crippen molar-refractivity contribution in [3.8, 4) is 0 Å². The van der Waals surface area contributed by atoms with Crippen molar-refractivity contribution in [2.24, 2.45) is 0 Å². The molecule has 2 atom stereocenters. The van der Waals surface area contributed by atoms with Crippen LogP contribution in [0.15, 0.2) is 35.4 Å². The summed E-state index contributed by atoms with van der Waals surface area (Å²) in [4.78, 5) is 46.4. The number of aromatic amines is 1. The highest BCUT2D eigenvalue weighted by molar-refractivity contribution is 6.00. The second-order valence-electron chi connectivity index (χ2n) is 9.51. The van der Waals surface area contributed by atoms with Crippen LogP contribution in [-0.4, -0.2) is 61.5 Å². The number of nitrogens with zero attached hydrogens (tertiary/aromatic N) is 4. The van der Waals surface area contributed by atoms with Gasteiger partial charge < -0.3 is 25.5 Å². The Labute approximate surface area is 201 Å². The summed E-state index contributed by atoms with van der Waals surface area (Å²) in [5.41, 5.74) is -0.473. The number of fused-ring (bicyclic) bond motifs is 1. The molecule has 3 heterocycles. The van der Waals surface area contributed by atoms with E-state index < -0.39 is 23.7 Å². The summed E-state index contributed by atoms with van der Waals surface area (Å²) in [6, 6.07) is 4.62. The van der Waals surface area contributed by atoms with Crippen molar-refractivity contribution in [1.82, 2.24) is 24.9 Å². The highest BCUT2D eigenvalue weighted by Crippen LogP contribution is 2.25. The number of aliphatic hydroxyl groups is 1. The SMILES string of the molecule is CN(C(=O)OC(C)(C)C)c1cc(Nc2ccc[nH]c2=O)nc2c(C(=O)NC3CC[C@@H](O)C3)cnn12. The molecule has 186 valence electrons. The Hall–Kier alpha value is -3.93. The lowest BCUT2D eigenvalue weighted by Gasteiger charge is -2.25. The molecule has 0 saturated heterocycles. The van der Waals surface area contributed by atoms with Gasteiger partial charge in [0.25, 0.3) is 11.5 Å². The largest absolute Gasteiger partial charge is 0.443 e. The number of amides is 2. The van der Waals surface area contributed by atoms with Gasteiger partial charge in [0.15, 0.2) is 5.65 Å². The van der Waals surface area contributed by atoms with Gasteiger partial charge in [-0.15, -0.1) is 0 Å². The lowest BCUT2D eigenvalue weighted by molar-refractivity contribution is 0.0587. The van der Waals surface area contributed by atoms with Crippen LogP contribution in [0.25, 0.3) is 5.65 Å². The molecule has 3 aromatic heterocycles. The van der Waals surface area contributed by atoms with E-state index >= 15 is 0 Å². The first-order chi connectivity index (χ1) is 16.5. The number of hydrogen-bond donors (Lipinski definition) is 4. The number of carbonyl (C=O) groups excluding carboxylic acids is 2. The molecule has 0 spiro atoms. The third-order valence-electron chi connectivity index (χ3n) is 5.53. The van der Waals surface area contributed by atoms with E-state index in [1.54, 1.807) is 32.9 Å². The molecule has 35 heavy (non-hydrogen) atoms. The topological polar surface area (TPSA) is 154 Å². The fraction of sp³-hybridized carbons (Fsp3) is 0.435. The summed E-state index contributed by atoms with van der Waals surface area (Å²) in [7, 11) is 1.52. The summed E-state index contributed by atoms with van der Waals surface area (Å²) in [6.45, 7) is 5.27. The fourth-order valence-corrected chi connectivity index (χ4v) is 3.84. The number of anilines is 3. The quantitative estimate of drug-likeness (QED) is 0.431. The van der Waals surface area contributed by atoms with Crippen molar-refractivity contribution in [3.63, 3.8) is 0 Å². The first-order valence-corrected chi connectivity index (χ1v) is 11.3. The van der Waals surface area contributed by atoms with E-state index in [0.717, 1.165) is 0 Å². The molecule has 4 rings (SSSR count). The van der Waals surface area contributed by atoms with Gasteiger partial charge in [-0.3, -0.25) is 14.5 Å². The summed E-state index contributed by atoms with van der Waals surface area (Å²) in [5.74, 6) is 0.104. The third kappa shape index (κ3) is 5.43. The number of pyridine rings is 1. The van der Waals surface area contributed by atoms with Crippen LogP contribution in [-0.2, 0) is 4.74 Å². The Morgan fingerprint density at radius 3 is 2.74 bits per heavy atom. The number of aromatic nitrogens is 4. The van der Waals surface area contributed by atoms with Crippen LogP contribution in [0.5, 0.6) is 0 Å². The molecule has 2 amide bonds. The molecule has 4 N–H and O–H groups in total.